The first kappa shape index (κ1) is 23.4. The Kier molecular flexibility index (Phi) is 6.89. The van der Waals surface area contributed by atoms with Gasteiger partial charge in [0.15, 0.2) is 11.5 Å². The molecule has 34 heavy (non-hydrogen) atoms. The smallest absolute Gasteiger partial charge is 0.254 e. The molecule has 3 aromatic carbocycles. The van der Waals surface area contributed by atoms with E-state index in [1.54, 1.807) is 39.3 Å². The summed E-state index contributed by atoms with van der Waals surface area (Å²) in [5.41, 5.74) is 3.49. The van der Waals surface area contributed by atoms with Gasteiger partial charge in [0, 0.05) is 29.6 Å². The number of ether oxygens (including phenoxy) is 3. The Morgan fingerprint density at radius 2 is 1.56 bits per heavy atom. The van der Waals surface area contributed by atoms with Gasteiger partial charge >= 0.3 is 0 Å². The topological polar surface area (TPSA) is 60.9 Å². The SMILES string of the molecule is COc1cc(-c2cc(C(=O)N(C)Cc3ccccc3Cl)c3ccccc3n2)cc(OC)c1OC. The van der Waals surface area contributed by atoms with Crippen molar-refractivity contribution >= 4 is 28.4 Å². The summed E-state index contributed by atoms with van der Waals surface area (Å²) in [6.07, 6.45) is 0. The van der Waals surface area contributed by atoms with Crippen LogP contribution < -0.4 is 14.2 Å². The third-order valence-electron chi connectivity index (χ3n) is 5.62. The van der Waals surface area contributed by atoms with Gasteiger partial charge < -0.3 is 19.1 Å². The van der Waals surface area contributed by atoms with Crippen LogP contribution in [0.1, 0.15) is 15.9 Å². The van der Waals surface area contributed by atoms with Crippen molar-refractivity contribution in [2.75, 3.05) is 28.4 Å². The van der Waals surface area contributed by atoms with Crippen molar-refractivity contribution in [2.45, 2.75) is 6.54 Å². The lowest BCUT2D eigenvalue weighted by atomic mass is 10.0. The molecule has 0 radical (unpaired) electrons. The summed E-state index contributed by atoms with van der Waals surface area (Å²) in [6, 6.07) is 20.5. The number of hydrogen-bond acceptors (Lipinski definition) is 5. The predicted molar refractivity (Wildman–Crippen MR) is 134 cm³/mol. The lowest BCUT2D eigenvalue weighted by molar-refractivity contribution is 0.0787. The fourth-order valence-electron chi connectivity index (χ4n) is 3.89. The highest BCUT2D eigenvalue weighted by molar-refractivity contribution is 6.31. The fraction of sp³-hybridized carbons (Fsp3) is 0.185. The van der Waals surface area contributed by atoms with E-state index in [0.29, 0.717) is 45.6 Å². The van der Waals surface area contributed by atoms with Gasteiger partial charge in [0.1, 0.15) is 0 Å². The number of benzene rings is 3. The van der Waals surface area contributed by atoms with Gasteiger partial charge in [0.05, 0.1) is 38.1 Å². The zero-order valence-corrected chi connectivity index (χ0v) is 20.2. The normalized spacial score (nSPS) is 10.7. The van der Waals surface area contributed by atoms with Gasteiger partial charge in [-0.25, -0.2) is 4.98 Å². The number of fused-ring (bicyclic) bond motifs is 1. The van der Waals surface area contributed by atoms with Crippen molar-refractivity contribution in [3.8, 4) is 28.5 Å². The number of aromatic nitrogens is 1. The summed E-state index contributed by atoms with van der Waals surface area (Å²) < 4.78 is 16.4. The van der Waals surface area contributed by atoms with Crippen LogP contribution in [0.5, 0.6) is 17.2 Å². The Morgan fingerprint density at radius 1 is 0.912 bits per heavy atom. The van der Waals surface area contributed by atoms with Crippen LogP contribution in [0, 0.1) is 0 Å². The molecule has 1 amide bonds. The van der Waals surface area contributed by atoms with Gasteiger partial charge in [-0.3, -0.25) is 4.79 Å². The van der Waals surface area contributed by atoms with Crippen LogP contribution in [-0.4, -0.2) is 44.2 Å². The Bertz CT molecular complexity index is 1330. The Balaban J connectivity index is 1.82. The molecule has 0 saturated carbocycles. The molecule has 0 aliphatic heterocycles. The quantitative estimate of drug-likeness (QED) is 0.334. The summed E-state index contributed by atoms with van der Waals surface area (Å²) in [5, 5.41) is 1.40. The lowest BCUT2D eigenvalue weighted by Crippen LogP contribution is -2.26. The van der Waals surface area contributed by atoms with Crippen LogP contribution in [-0.2, 0) is 6.54 Å². The average Bonchev–Trinajstić information content (AvgIpc) is 2.87. The second kappa shape index (κ2) is 10.0. The molecule has 0 aliphatic carbocycles. The molecule has 0 aliphatic rings. The summed E-state index contributed by atoms with van der Waals surface area (Å²) in [6.45, 7) is 0.384. The van der Waals surface area contributed by atoms with Gasteiger partial charge in [-0.05, 0) is 35.9 Å². The van der Waals surface area contributed by atoms with Gasteiger partial charge in [-0.15, -0.1) is 0 Å². The number of para-hydroxylation sites is 1. The minimum Gasteiger partial charge on any atom is -0.493 e. The zero-order valence-electron chi connectivity index (χ0n) is 19.5. The molecule has 0 bridgehead atoms. The number of methoxy groups -OCH3 is 3. The number of rotatable bonds is 7. The second-order valence-electron chi connectivity index (χ2n) is 7.74. The Hall–Kier alpha value is -3.77. The molecule has 4 aromatic rings. The van der Waals surface area contributed by atoms with E-state index in [-0.39, 0.29) is 5.91 Å². The molecule has 0 N–H and O–H groups in total. The van der Waals surface area contributed by atoms with Gasteiger partial charge in [-0.2, -0.15) is 0 Å². The van der Waals surface area contributed by atoms with Crippen LogP contribution in [0.25, 0.3) is 22.2 Å². The van der Waals surface area contributed by atoms with Crippen molar-refractivity contribution in [2.24, 2.45) is 0 Å². The minimum absolute atomic E-state index is 0.132. The second-order valence-corrected chi connectivity index (χ2v) is 8.15. The van der Waals surface area contributed by atoms with E-state index in [1.807, 2.05) is 60.7 Å². The lowest BCUT2D eigenvalue weighted by Gasteiger charge is -2.20. The first-order valence-corrected chi connectivity index (χ1v) is 11.0. The third kappa shape index (κ3) is 4.50. The molecule has 1 heterocycles. The highest BCUT2D eigenvalue weighted by atomic mass is 35.5. The Labute approximate surface area is 203 Å². The number of amides is 1. The van der Waals surface area contributed by atoms with Crippen molar-refractivity contribution in [1.29, 1.82) is 0 Å². The number of carbonyl (C=O) groups is 1. The Morgan fingerprint density at radius 3 is 2.21 bits per heavy atom. The molecular formula is C27H25ClN2O4. The van der Waals surface area contributed by atoms with Crippen molar-refractivity contribution < 1.29 is 19.0 Å². The van der Waals surface area contributed by atoms with Crippen LogP contribution in [0.4, 0.5) is 0 Å². The van der Waals surface area contributed by atoms with E-state index < -0.39 is 0 Å². The summed E-state index contributed by atoms with van der Waals surface area (Å²) in [7, 11) is 6.45. The zero-order chi connectivity index (χ0) is 24.2. The number of pyridine rings is 1. The van der Waals surface area contributed by atoms with E-state index in [0.717, 1.165) is 16.5 Å². The molecule has 0 unspecified atom stereocenters. The highest BCUT2D eigenvalue weighted by Crippen LogP contribution is 2.41. The van der Waals surface area contributed by atoms with Gasteiger partial charge in [0.25, 0.3) is 5.91 Å². The molecule has 0 saturated heterocycles. The average molecular weight is 477 g/mol. The van der Waals surface area contributed by atoms with E-state index in [1.165, 1.54) is 0 Å². The molecule has 0 fully saturated rings. The van der Waals surface area contributed by atoms with Crippen molar-refractivity contribution in [1.82, 2.24) is 9.88 Å². The minimum atomic E-state index is -0.132. The molecule has 4 rings (SSSR count). The number of nitrogens with zero attached hydrogens (tertiary/aromatic N) is 2. The maximum Gasteiger partial charge on any atom is 0.254 e. The summed E-state index contributed by atoms with van der Waals surface area (Å²) in [4.78, 5) is 20.1. The van der Waals surface area contributed by atoms with Crippen LogP contribution in [0.2, 0.25) is 5.02 Å². The van der Waals surface area contributed by atoms with E-state index in [4.69, 9.17) is 30.8 Å². The molecule has 1 aromatic heterocycles. The highest BCUT2D eigenvalue weighted by Gasteiger charge is 2.20. The van der Waals surface area contributed by atoms with Gasteiger partial charge in [0.2, 0.25) is 5.75 Å². The largest absolute Gasteiger partial charge is 0.493 e. The van der Waals surface area contributed by atoms with Gasteiger partial charge in [-0.1, -0.05) is 48.0 Å². The molecule has 0 atom stereocenters. The van der Waals surface area contributed by atoms with E-state index in [9.17, 15) is 4.79 Å². The predicted octanol–water partition coefficient (Wildman–Crippen LogP) is 5.85. The molecule has 7 heteroatoms. The van der Waals surface area contributed by atoms with Crippen molar-refractivity contribution in [3.63, 3.8) is 0 Å². The number of halogens is 1. The molecule has 0 spiro atoms. The number of hydrogen-bond donors (Lipinski definition) is 0. The first-order chi connectivity index (χ1) is 16.5. The monoisotopic (exact) mass is 476 g/mol. The van der Waals surface area contributed by atoms with Crippen LogP contribution >= 0.6 is 11.6 Å². The molecule has 174 valence electrons. The third-order valence-corrected chi connectivity index (χ3v) is 5.99. The summed E-state index contributed by atoms with van der Waals surface area (Å²) >= 11 is 6.32. The molecule has 6 nitrogen and oxygen atoms in total. The maximum atomic E-state index is 13.6. The standard InChI is InChI=1S/C27H25ClN2O4/c1-30(16-17-9-5-7-11-21(17)28)27(31)20-15-23(29-22-12-8-6-10-19(20)22)18-13-24(32-2)26(34-4)25(14-18)33-3/h5-15H,16H2,1-4H3. The fourth-order valence-corrected chi connectivity index (χ4v) is 4.08. The van der Waals surface area contributed by atoms with E-state index >= 15 is 0 Å². The maximum absolute atomic E-state index is 13.6. The van der Waals surface area contributed by atoms with Crippen LogP contribution in [0.3, 0.4) is 0 Å². The van der Waals surface area contributed by atoms with E-state index in [2.05, 4.69) is 0 Å². The first-order valence-electron chi connectivity index (χ1n) is 10.7. The summed E-state index contributed by atoms with van der Waals surface area (Å²) in [5.74, 6) is 1.38. The number of carbonyl (C=O) groups excluding carboxylic acids is 1. The molecular weight excluding hydrogens is 452 g/mol. The van der Waals surface area contributed by atoms with Crippen LogP contribution in [0.15, 0.2) is 66.7 Å². The van der Waals surface area contributed by atoms with Crippen molar-refractivity contribution in [3.05, 3.63) is 82.9 Å².